The molecule has 4 fully saturated rings. The van der Waals surface area contributed by atoms with Crippen LogP contribution in [0, 0.1) is 34.5 Å². The molecule has 6 atom stereocenters. The van der Waals surface area contributed by atoms with Crippen molar-refractivity contribution in [3.8, 4) is 0 Å². The summed E-state index contributed by atoms with van der Waals surface area (Å²) in [5.74, 6) is 3.91. The average Bonchev–Trinajstić information content (AvgIpc) is 2.76. The number of allylic oxidation sites excluding steroid dienone is 1. The molecule has 4 aliphatic rings. The highest BCUT2D eigenvalue weighted by Crippen LogP contribution is 2.66. The number of hydrogen-bond donors (Lipinski definition) is 0. The van der Waals surface area contributed by atoms with Crippen molar-refractivity contribution in [2.24, 2.45) is 34.5 Å². The van der Waals surface area contributed by atoms with Gasteiger partial charge in [0, 0.05) is 12.8 Å². The topological polar surface area (TPSA) is 17.1 Å². The number of carbonyl (C=O) groups is 1. The summed E-state index contributed by atoms with van der Waals surface area (Å²) in [6.45, 7) is 9.45. The molecule has 3 unspecified atom stereocenters. The van der Waals surface area contributed by atoms with Gasteiger partial charge in [0.05, 0.1) is 0 Å². The number of hydrogen-bond acceptors (Lipinski definition) is 1. The van der Waals surface area contributed by atoms with Gasteiger partial charge in [0.2, 0.25) is 0 Å². The van der Waals surface area contributed by atoms with E-state index in [9.17, 15) is 4.79 Å². The fourth-order valence-corrected chi connectivity index (χ4v) is 6.95. The van der Waals surface area contributed by atoms with Crippen LogP contribution in [0.5, 0.6) is 0 Å². The summed E-state index contributed by atoms with van der Waals surface area (Å²) in [5.41, 5.74) is 2.44. The van der Waals surface area contributed by atoms with Gasteiger partial charge in [-0.2, -0.15) is 0 Å². The van der Waals surface area contributed by atoms with Crippen molar-refractivity contribution in [2.45, 2.75) is 71.6 Å². The zero-order chi connectivity index (χ0) is 14.8. The predicted octanol–water partition coefficient (Wildman–Crippen LogP) is 5.15. The van der Waals surface area contributed by atoms with E-state index in [-0.39, 0.29) is 0 Å². The van der Waals surface area contributed by atoms with Gasteiger partial charge in [0.25, 0.3) is 0 Å². The van der Waals surface area contributed by atoms with Gasteiger partial charge in [-0.3, -0.25) is 4.79 Å². The van der Waals surface area contributed by atoms with Crippen LogP contribution in [0.25, 0.3) is 0 Å². The zero-order valence-corrected chi connectivity index (χ0v) is 13.8. The smallest absolute Gasteiger partial charge is 0.133 e. The molecule has 21 heavy (non-hydrogen) atoms. The lowest BCUT2D eigenvalue weighted by atomic mass is 9.45. The molecule has 4 saturated carbocycles. The maximum absolute atomic E-state index is 11.9. The predicted molar refractivity (Wildman–Crippen MR) is 85.9 cm³/mol. The van der Waals surface area contributed by atoms with E-state index in [0.29, 0.717) is 22.5 Å². The monoisotopic (exact) mass is 286 g/mol. The summed E-state index contributed by atoms with van der Waals surface area (Å²) < 4.78 is 0. The fourth-order valence-electron chi connectivity index (χ4n) is 6.95. The van der Waals surface area contributed by atoms with Crippen LogP contribution in [0.1, 0.15) is 71.6 Å². The van der Waals surface area contributed by atoms with Crippen LogP contribution < -0.4 is 0 Å². The van der Waals surface area contributed by atoms with E-state index in [1.165, 1.54) is 50.5 Å². The molecule has 0 radical (unpaired) electrons. The molecule has 0 N–H and O–H groups in total. The summed E-state index contributed by atoms with van der Waals surface area (Å²) in [6, 6.07) is 0. The summed E-state index contributed by atoms with van der Waals surface area (Å²) in [4.78, 5) is 11.9. The third-order valence-corrected chi connectivity index (χ3v) is 8.44. The molecule has 0 aromatic rings. The van der Waals surface area contributed by atoms with Crippen molar-refractivity contribution in [3.63, 3.8) is 0 Å². The van der Waals surface area contributed by atoms with E-state index in [1.54, 1.807) is 0 Å². The normalized spacial score (nSPS) is 53.0. The van der Waals surface area contributed by atoms with Crippen LogP contribution in [0.4, 0.5) is 0 Å². The van der Waals surface area contributed by atoms with E-state index in [4.69, 9.17) is 0 Å². The lowest BCUT2D eigenvalue weighted by Crippen LogP contribution is -2.52. The Balaban J connectivity index is 1.65. The van der Waals surface area contributed by atoms with Crippen LogP contribution in [0.3, 0.4) is 0 Å². The second-order valence-electron chi connectivity index (χ2n) is 9.00. The molecule has 0 heterocycles. The molecule has 0 bridgehead atoms. The maximum Gasteiger partial charge on any atom is 0.133 e. The Kier molecular flexibility index (Phi) is 2.98. The standard InChI is InChI=1S/C20H30O/c1-13-4-7-17-16-6-5-14-12-15(21)8-10-20(14,3)18(16)9-11-19(13,17)2/h14,16-18H,1,4-12H2,2-3H3/t14-,16?,17?,18?,19-,20+/m1/s1. The van der Waals surface area contributed by atoms with Gasteiger partial charge in [0.15, 0.2) is 0 Å². The van der Waals surface area contributed by atoms with Crippen molar-refractivity contribution in [1.29, 1.82) is 0 Å². The van der Waals surface area contributed by atoms with Crippen LogP contribution >= 0.6 is 0 Å². The number of carbonyl (C=O) groups excluding carboxylic acids is 1. The Bertz CT molecular complexity index is 492. The Morgan fingerprint density at radius 1 is 1.00 bits per heavy atom. The number of rotatable bonds is 0. The Morgan fingerprint density at radius 2 is 1.81 bits per heavy atom. The zero-order valence-electron chi connectivity index (χ0n) is 13.8. The van der Waals surface area contributed by atoms with E-state index < -0.39 is 0 Å². The molecule has 4 rings (SSSR count). The molecule has 116 valence electrons. The molecular weight excluding hydrogens is 256 g/mol. The first-order valence-electron chi connectivity index (χ1n) is 9.15. The highest BCUT2D eigenvalue weighted by atomic mass is 16.1. The molecule has 0 amide bonds. The summed E-state index contributed by atoms with van der Waals surface area (Å²) >= 11 is 0. The Morgan fingerprint density at radius 3 is 2.62 bits per heavy atom. The van der Waals surface area contributed by atoms with Crippen molar-refractivity contribution in [2.75, 3.05) is 0 Å². The lowest BCUT2D eigenvalue weighted by Gasteiger charge is -2.59. The van der Waals surface area contributed by atoms with Crippen molar-refractivity contribution >= 4 is 5.78 Å². The quantitative estimate of drug-likeness (QED) is 0.562. The van der Waals surface area contributed by atoms with Crippen molar-refractivity contribution in [1.82, 2.24) is 0 Å². The molecule has 0 aromatic heterocycles. The maximum atomic E-state index is 11.9. The van der Waals surface area contributed by atoms with Crippen molar-refractivity contribution in [3.05, 3.63) is 12.2 Å². The lowest BCUT2D eigenvalue weighted by molar-refractivity contribution is -0.136. The summed E-state index contributed by atoms with van der Waals surface area (Å²) in [7, 11) is 0. The van der Waals surface area contributed by atoms with E-state index in [0.717, 1.165) is 30.6 Å². The van der Waals surface area contributed by atoms with E-state index in [1.807, 2.05) is 0 Å². The minimum Gasteiger partial charge on any atom is -0.300 e. The number of Topliss-reactive ketones (excluding diaryl/α,β-unsaturated/α-hetero) is 1. The fraction of sp³-hybridized carbons (Fsp3) is 0.850. The van der Waals surface area contributed by atoms with Crippen LogP contribution in [0.15, 0.2) is 12.2 Å². The largest absolute Gasteiger partial charge is 0.300 e. The van der Waals surface area contributed by atoms with E-state index in [2.05, 4.69) is 20.4 Å². The first-order chi connectivity index (χ1) is 9.95. The number of ketones is 1. The molecule has 0 aromatic carbocycles. The second-order valence-corrected chi connectivity index (χ2v) is 9.00. The minimum absolute atomic E-state index is 0.439. The van der Waals surface area contributed by atoms with Gasteiger partial charge in [-0.25, -0.2) is 0 Å². The van der Waals surface area contributed by atoms with Gasteiger partial charge in [-0.1, -0.05) is 26.0 Å². The van der Waals surface area contributed by atoms with Gasteiger partial charge in [-0.15, -0.1) is 0 Å². The first kappa shape index (κ1) is 14.0. The molecular formula is C20H30O. The molecule has 1 heteroatoms. The molecule has 1 nitrogen and oxygen atoms in total. The van der Waals surface area contributed by atoms with Gasteiger partial charge in [0.1, 0.15) is 5.78 Å². The highest BCUT2D eigenvalue weighted by Gasteiger charge is 2.58. The average molecular weight is 286 g/mol. The molecule has 0 spiro atoms. The van der Waals surface area contributed by atoms with Gasteiger partial charge < -0.3 is 0 Å². The molecule has 0 aliphatic heterocycles. The van der Waals surface area contributed by atoms with Crippen LogP contribution in [0.2, 0.25) is 0 Å². The van der Waals surface area contributed by atoms with Crippen LogP contribution in [-0.2, 0) is 4.79 Å². The highest BCUT2D eigenvalue weighted by molar-refractivity contribution is 5.79. The third kappa shape index (κ3) is 1.79. The van der Waals surface area contributed by atoms with Crippen LogP contribution in [-0.4, -0.2) is 5.78 Å². The summed E-state index contributed by atoms with van der Waals surface area (Å²) in [5, 5.41) is 0. The number of fused-ring (bicyclic) bond motifs is 5. The van der Waals surface area contributed by atoms with Gasteiger partial charge >= 0.3 is 0 Å². The van der Waals surface area contributed by atoms with Crippen molar-refractivity contribution < 1.29 is 4.79 Å². The molecule has 4 aliphatic carbocycles. The summed E-state index contributed by atoms with van der Waals surface area (Å²) in [6.07, 6.45) is 11.0. The third-order valence-electron chi connectivity index (χ3n) is 8.44. The van der Waals surface area contributed by atoms with Gasteiger partial charge in [-0.05, 0) is 79.4 Å². The molecule has 0 saturated heterocycles. The first-order valence-corrected chi connectivity index (χ1v) is 9.15. The van der Waals surface area contributed by atoms with E-state index >= 15 is 0 Å². The second kappa shape index (κ2) is 4.46. The SMILES string of the molecule is C=C1CCC2C3CC[C@@H]4CC(=O)CC[C@]4(C)C3CC[C@]12C. The minimum atomic E-state index is 0.439. The Labute approximate surface area is 129 Å². The Hall–Kier alpha value is -0.590.